The van der Waals surface area contributed by atoms with Crippen molar-refractivity contribution in [1.82, 2.24) is 9.80 Å². The zero-order chi connectivity index (χ0) is 21.8. The molecule has 2 unspecified atom stereocenters. The van der Waals surface area contributed by atoms with Gasteiger partial charge in [0.2, 0.25) is 0 Å². The minimum absolute atomic E-state index is 0.0528. The summed E-state index contributed by atoms with van der Waals surface area (Å²) in [5.41, 5.74) is 3.46. The summed E-state index contributed by atoms with van der Waals surface area (Å²) in [5, 5.41) is 3.28. The molecule has 0 aliphatic carbocycles. The fraction of sp³-hybridized carbons (Fsp3) is 0.720. The van der Waals surface area contributed by atoms with Crippen molar-refractivity contribution in [2.45, 2.75) is 78.4 Å². The summed E-state index contributed by atoms with van der Waals surface area (Å²) in [4.78, 5) is 17.6. The summed E-state index contributed by atoms with van der Waals surface area (Å²) in [6, 6.07) is 6.45. The molecule has 168 valence electrons. The van der Waals surface area contributed by atoms with Crippen LogP contribution in [0.1, 0.15) is 77.3 Å². The van der Waals surface area contributed by atoms with E-state index in [0.29, 0.717) is 30.0 Å². The first-order valence-corrected chi connectivity index (χ1v) is 11.8. The molecule has 0 radical (unpaired) electrons. The van der Waals surface area contributed by atoms with Gasteiger partial charge in [-0.3, -0.25) is 4.90 Å². The van der Waals surface area contributed by atoms with E-state index in [1.165, 1.54) is 11.1 Å². The van der Waals surface area contributed by atoms with Gasteiger partial charge in [0.25, 0.3) is 0 Å². The average Bonchev–Trinajstić information content (AvgIpc) is 2.67. The molecule has 0 aromatic heterocycles. The quantitative estimate of drug-likeness (QED) is 0.711. The van der Waals surface area contributed by atoms with Gasteiger partial charge in [0.05, 0.1) is 12.2 Å². The molecule has 2 saturated heterocycles. The Hall–Kier alpha value is -1.59. The zero-order valence-corrected chi connectivity index (χ0v) is 19.8. The summed E-state index contributed by atoms with van der Waals surface area (Å²) in [5.74, 6) is 1.42. The van der Waals surface area contributed by atoms with Crippen LogP contribution in [0.4, 0.5) is 10.5 Å². The number of para-hydroxylation sites is 1. The first kappa shape index (κ1) is 23.1. The van der Waals surface area contributed by atoms with Gasteiger partial charge in [0.1, 0.15) is 0 Å². The maximum Gasteiger partial charge on any atom is 0.321 e. The van der Waals surface area contributed by atoms with Crippen LogP contribution in [0.2, 0.25) is 0 Å². The third-order valence-corrected chi connectivity index (χ3v) is 6.52. The van der Waals surface area contributed by atoms with Crippen LogP contribution >= 0.6 is 0 Å². The number of hydrogen-bond donors (Lipinski definition) is 1. The van der Waals surface area contributed by atoms with E-state index in [4.69, 9.17) is 4.74 Å². The van der Waals surface area contributed by atoms with Gasteiger partial charge >= 0.3 is 6.03 Å². The van der Waals surface area contributed by atoms with Gasteiger partial charge in [-0.2, -0.15) is 0 Å². The molecule has 1 aromatic carbocycles. The lowest BCUT2D eigenvalue weighted by Crippen LogP contribution is -2.49. The Kier molecular flexibility index (Phi) is 7.81. The molecule has 2 amide bonds. The van der Waals surface area contributed by atoms with Crippen LogP contribution in [0, 0.1) is 5.92 Å². The van der Waals surface area contributed by atoms with Crippen LogP contribution in [-0.4, -0.2) is 60.8 Å². The van der Waals surface area contributed by atoms with Crippen LogP contribution < -0.4 is 5.32 Å². The highest BCUT2D eigenvalue weighted by Crippen LogP contribution is 2.33. The molecule has 3 rings (SSSR count). The lowest BCUT2D eigenvalue weighted by molar-refractivity contribution is -0.0728. The summed E-state index contributed by atoms with van der Waals surface area (Å²) in [7, 11) is 0. The van der Waals surface area contributed by atoms with Crippen molar-refractivity contribution in [3.8, 4) is 0 Å². The summed E-state index contributed by atoms with van der Waals surface area (Å²) < 4.78 is 5.86. The molecule has 2 atom stereocenters. The standard InChI is InChI=1S/C25H41N3O2/c1-17(2)22-8-7-9-23(18(3)4)24(22)26-25(29)28-12-10-21(11-13-28)16-27-14-19(5)30-20(6)15-27/h7-9,17-21H,10-16H2,1-6H3,(H,26,29). The molecule has 2 aliphatic rings. The highest BCUT2D eigenvalue weighted by Gasteiger charge is 2.28. The number of carbonyl (C=O) groups is 1. The van der Waals surface area contributed by atoms with Crippen molar-refractivity contribution in [2.75, 3.05) is 38.0 Å². The number of nitrogens with zero attached hydrogens (tertiary/aromatic N) is 2. The number of nitrogens with one attached hydrogen (secondary N) is 1. The Morgan fingerprint density at radius 1 is 1.03 bits per heavy atom. The van der Waals surface area contributed by atoms with Gasteiger partial charge in [0, 0.05) is 38.4 Å². The van der Waals surface area contributed by atoms with Crippen molar-refractivity contribution < 1.29 is 9.53 Å². The SMILES string of the molecule is CC1CN(CC2CCN(C(=O)Nc3c(C(C)C)cccc3C(C)C)CC2)CC(C)O1. The molecule has 1 N–H and O–H groups in total. The van der Waals surface area contributed by atoms with Crippen LogP contribution in [-0.2, 0) is 4.74 Å². The van der Waals surface area contributed by atoms with E-state index in [1.807, 2.05) is 4.90 Å². The average molecular weight is 416 g/mol. The number of morpholine rings is 1. The minimum atomic E-state index is 0.0528. The van der Waals surface area contributed by atoms with Gasteiger partial charge in [-0.15, -0.1) is 0 Å². The first-order chi connectivity index (χ1) is 14.2. The molecule has 2 heterocycles. The Labute approximate surface area is 183 Å². The van der Waals surface area contributed by atoms with Gasteiger partial charge in [-0.25, -0.2) is 4.79 Å². The second-order valence-electron chi connectivity index (χ2n) is 9.96. The fourth-order valence-corrected chi connectivity index (χ4v) is 5.00. The molecular weight excluding hydrogens is 374 g/mol. The van der Waals surface area contributed by atoms with E-state index in [-0.39, 0.29) is 6.03 Å². The van der Waals surface area contributed by atoms with E-state index in [2.05, 4.69) is 70.0 Å². The lowest BCUT2D eigenvalue weighted by Gasteiger charge is -2.39. The summed E-state index contributed by atoms with van der Waals surface area (Å²) >= 11 is 0. The minimum Gasteiger partial charge on any atom is -0.373 e. The summed E-state index contributed by atoms with van der Waals surface area (Å²) in [6.45, 7) is 17.9. The lowest BCUT2D eigenvalue weighted by atomic mass is 9.92. The van der Waals surface area contributed by atoms with Gasteiger partial charge in [-0.05, 0) is 55.6 Å². The first-order valence-electron chi connectivity index (χ1n) is 11.8. The predicted molar refractivity (Wildman–Crippen MR) is 124 cm³/mol. The molecule has 0 bridgehead atoms. The van der Waals surface area contributed by atoms with Crippen molar-refractivity contribution >= 4 is 11.7 Å². The number of ether oxygens (including phenoxy) is 1. The van der Waals surface area contributed by atoms with Crippen molar-refractivity contribution in [1.29, 1.82) is 0 Å². The molecule has 0 spiro atoms. The van der Waals surface area contributed by atoms with Gasteiger partial charge < -0.3 is 15.0 Å². The third-order valence-electron chi connectivity index (χ3n) is 6.52. The third kappa shape index (κ3) is 5.76. The number of amides is 2. The fourth-order valence-electron chi connectivity index (χ4n) is 5.00. The van der Waals surface area contributed by atoms with Crippen LogP contribution in [0.3, 0.4) is 0 Å². The molecular formula is C25H41N3O2. The molecule has 1 aromatic rings. The second kappa shape index (κ2) is 10.1. The smallest absolute Gasteiger partial charge is 0.321 e. The highest BCUT2D eigenvalue weighted by molar-refractivity contribution is 5.91. The number of hydrogen-bond acceptors (Lipinski definition) is 3. The Morgan fingerprint density at radius 3 is 2.07 bits per heavy atom. The maximum absolute atomic E-state index is 13.1. The van der Waals surface area contributed by atoms with Crippen molar-refractivity contribution in [2.24, 2.45) is 5.92 Å². The molecule has 30 heavy (non-hydrogen) atoms. The van der Waals surface area contributed by atoms with E-state index in [1.54, 1.807) is 0 Å². The molecule has 2 aliphatic heterocycles. The van der Waals surface area contributed by atoms with Gasteiger partial charge in [0.15, 0.2) is 0 Å². The Morgan fingerprint density at radius 2 is 1.57 bits per heavy atom. The van der Waals surface area contributed by atoms with E-state index in [0.717, 1.165) is 51.3 Å². The van der Waals surface area contributed by atoms with E-state index >= 15 is 0 Å². The monoisotopic (exact) mass is 415 g/mol. The van der Waals surface area contributed by atoms with Gasteiger partial charge in [-0.1, -0.05) is 45.9 Å². The topological polar surface area (TPSA) is 44.8 Å². The highest BCUT2D eigenvalue weighted by atomic mass is 16.5. The predicted octanol–water partition coefficient (Wildman–Crippen LogP) is 5.29. The number of likely N-dealkylation sites (tertiary alicyclic amines) is 1. The molecule has 5 heteroatoms. The normalized spacial score (nSPS) is 23.9. The number of piperidine rings is 1. The summed E-state index contributed by atoms with van der Waals surface area (Å²) in [6.07, 6.45) is 2.79. The van der Waals surface area contributed by atoms with Crippen molar-refractivity contribution in [3.63, 3.8) is 0 Å². The van der Waals surface area contributed by atoms with Crippen LogP contribution in [0.15, 0.2) is 18.2 Å². The number of anilines is 1. The van der Waals surface area contributed by atoms with Crippen LogP contribution in [0.5, 0.6) is 0 Å². The zero-order valence-electron chi connectivity index (χ0n) is 19.8. The number of urea groups is 1. The Bertz CT molecular complexity index is 674. The van der Waals surface area contributed by atoms with Crippen LogP contribution in [0.25, 0.3) is 0 Å². The second-order valence-corrected chi connectivity index (χ2v) is 9.96. The van der Waals surface area contributed by atoms with Crippen molar-refractivity contribution in [3.05, 3.63) is 29.3 Å². The number of benzene rings is 1. The Balaban J connectivity index is 1.57. The van der Waals surface area contributed by atoms with E-state index in [9.17, 15) is 4.79 Å². The largest absolute Gasteiger partial charge is 0.373 e. The molecule has 5 nitrogen and oxygen atoms in total. The number of rotatable bonds is 5. The molecule has 2 fully saturated rings. The molecule has 0 saturated carbocycles. The number of carbonyl (C=O) groups excluding carboxylic acids is 1. The maximum atomic E-state index is 13.1. The van der Waals surface area contributed by atoms with E-state index < -0.39 is 0 Å².